The molecule has 4 nitrogen and oxygen atoms in total. The Labute approximate surface area is 151 Å². The number of nitrogens with two attached hydrogens (primary N) is 1. The highest BCUT2D eigenvalue weighted by Crippen LogP contribution is 2.42. The van der Waals surface area contributed by atoms with Gasteiger partial charge in [-0.05, 0) is 48.2 Å². The van der Waals surface area contributed by atoms with Crippen molar-refractivity contribution in [1.29, 1.82) is 0 Å². The first-order valence-corrected chi connectivity index (χ1v) is 8.71. The van der Waals surface area contributed by atoms with Crippen molar-refractivity contribution >= 4 is 23.5 Å². The summed E-state index contributed by atoms with van der Waals surface area (Å²) in [6.45, 7) is 0.174. The first-order chi connectivity index (χ1) is 12.0. The van der Waals surface area contributed by atoms with E-state index in [0.717, 1.165) is 36.8 Å². The van der Waals surface area contributed by atoms with Crippen molar-refractivity contribution < 1.29 is 14.3 Å². The van der Waals surface area contributed by atoms with E-state index >= 15 is 0 Å². The number of carbonyl (C=O) groups is 2. The normalized spacial score (nSPS) is 15.7. The predicted octanol–water partition coefficient (Wildman–Crippen LogP) is 3.99. The van der Waals surface area contributed by atoms with Crippen LogP contribution in [-0.4, -0.2) is 11.9 Å². The lowest BCUT2D eigenvalue weighted by molar-refractivity contribution is -0.152. The number of rotatable bonds is 5. The first-order valence-electron chi connectivity index (χ1n) is 8.33. The molecule has 0 unspecified atom stereocenters. The van der Waals surface area contributed by atoms with Gasteiger partial charge >= 0.3 is 5.97 Å². The Morgan fingerprint density at radius 1 is 1.00 bits per heavy atom. The van der Waals surface area contributed by atoms with Crippen molar-refractivity contribution in [2.24, 2.45) is 5.73 Å². The van der Waals surface area contributed by atoms with Crippen LogP contribution in [0.25, 0.3) is 0 Å². The van der Waals surface area contributed by atoms with Crippen molar-refractivity contribution in [3.8, 4) is 0 Å². The number of hydrogen-bond acceptors (Lipinski definition) is 3. The van der Waals surface area contributed by atoms with Gasteiger partial charge in [0.05, 0.1) is 5.41 Å². The molecule has 1 aliphatic rings. The molecule has 130 valence electrons. The SMILES string of the molecule is NC(=O)c1ccc(COC(=O)C2(c3ccc(Cl)cc3)CCCC2)cc1. The van der Waals surface area contributed by atoms with Gasteiger partial charge in [0.25, 0.3) is 0 Å². The molecule has 0 bridgehead atoms. The average Bonchev–Trinajstić information content (AvgIpc) is 3.11. The molecule has 1 amide bonds. The van der Waals surface area contributed by atoms with Crippen molar-refractivity contribution in [2.75, 3.05) is 0 Å². The van der Waals surface area contributed by atoms with E-state index in [4.69, 9.17) is 22.1 Å². The van der Waals surface area contributed by atoms with Gasteiger partial charge in [-0.3, -0.25) is 9.59 Å². The van der Waals surface area contributed by atoms with Gasteiger partial charge in [-0.15, -0.1) is 0 Å². The number of primary amides is 1. The molecule has 2 N–H and O–H groups in total. The first kappa shape index (κ1) is 17.5. The topological polar surface area (TPSA) is 69.4 Å². The molecule has 1 fully saturated rings. The molecule has 0 aromatic heterocycles. The number of halogens is 1. The third-order valence-electron chi connectivity index (χ3n) is 4.85. The van der Waals surface area contributed by atoms with Crippen LogP contribution >= 0.6 is 11.6 Å². The lowest BCUT2D eigenvalue weighted by atomic mass is 9.79. The summed E-state index contributed by atoms with van der Waals surface area (Å²) in [6.07, 6.45) is 3.58. The molecule has 5 heteroatoms. The van der Waals surface area contributed by atoms with E-state index in [9.17, 15) is 9.59 Å². The summed E-state index contributed by atoms with van der Waals surface area (Å²) in [7, 11) is 0. The maximum absolute atomic E-state index is 12.9. The number of esters is 1. The average molecular weight is 358 g/mol. The Hall–Kier alpha value is -2.33. The number of benzene rings is 2. The molecule has 0 atom stereocenters. The second-order valence-corrected chi connectivity index (χ2v) is 6.87. The molecule has 2 aromatic rings. The fourth-order valence-corrected chi connectivity index (χ4v) is 3.54. The summed E-state index contributed by atoms with van der Waals surface area (Å²) in [5.41, 5.74) is 6.86. The lowest BCUT2D eigenvalue weighted by Gasteiger charge is -2.27. The van der Waals surface area contributed by atoms with Crippen molar-refractivity contribution in [3.63, 3.8) is 0 Å². The summed E-state index contributed by atoms with van der Waals surface area (Å²) in [4.78, 5) is 24.0. The Balaban J connectivity index is 1.73. The Kier molecular flexibility index (Phi) is 5.09. The molecule has 0 saturated heterocycles. The van der Waals surface area contributed by atoms with E-state index < -0.39 is 11.3 Å². The summed E-state index contributed by atoms with van der Waals surface area (Å²) in [5.74, 6) is -0.678. The summed E-state index contributed by atoms with van der Waals surface area (Å²) in [5, 5.41) is 0.653. The second-order valence-electron chi connectivity index (χ2n) is 6.43. The van der Waals surface area contributed by atoms with E-state index in [0.29, 0.717) is 10.6 Å². The van der Waals surface area contributed by atoms with E-state index in [-0.39, 0.29) is 12.6 Å². The zero-order valence-corrected chi connectivity index (χ0v) is 14.6. The van der Waals surface area contributed by atoms with Crippen LogP contribution in [-0.2, 0) is 21.6 Å². The molecule has 25 heavy (non-hydrogen) atoms. The molecule has 3 rings (SSSR count). The van der Waals surface area contributed by atoms with Gasteiger partial charge in [0.1, 0.15) is 6.61 Å². The highest BCUT2D eigenvalue weighted by atomic mass is 35.5. The van der Waals surface area contributed by atoms with Crippen LogP contribution in [0.3, 0.4) is 0 Å². The second kappa shape index (κ2) is 7.28. The smallest absolute Gasteiger partial charge is 0.316 e. The third kappa shape index (κ3) is 3.69. The quantitative estimate of drug-likeness (QED) is 0.822. The Bertz CT molecular complexity index is 763. The minimum Gasteiger partial charge on any atom is -0.460 e. The zero-order valence-electron chi connectivity index (χ0n) is 13.8. The lowest BCUT2D eigenvalue weighted by Crippen LogP contribution is -2.34. The van der Waals surface area contributed by atoms with Gasteiger partial charge in [-0.25, -0.2) is 0 Å². The molecular formula is C20H20ClNO3. The minimum absolute atomic E-state index is 0.174. The zero-order chi connectivity index (χ0) is 17.9. The van der Waals surface area contributed by atoms with Crippen LogP contribution in [0.15, 0.2) is 48.5 Å². The van der Waals surface area contributed by atoms with Gasteiger partial charge < -0.3 is 10.5 Å². The van der Waals surface area contributed by atoms with E-state index in [1.165, 1.54) is 0 Å². The highest BCUT2D eigenvalue weighted by molar-refractivity contribution is 6.30. The molecule has 0 radical (unpaired) electrons. The summed E-state index contributed by atoms with van der Waals surface area (Å²) < 4.78 is 5.61. The van der Waals surface area contributed by atoms with E-state index in [1.54, 1.807) is 24.3 Å². The molecule has 0 heterocycles. The summed E-state index contributed by atoms with van der Waals surface area (Å²) >= 11 is 5.97. The van der Waals surface area contributed by atoms with Gasteiger partial charge in [-0.1, -0.05) is 48.7 Å². The summed E-state index contributed by atoms with van der Waals surface area (Å²) in [6, 6.07) is 14.2. The molecule has 1 aliphatic carbocycles. The van der Waals surface area contributed by atoms with Crippen LogP contribution in [0, 0.1) is 0 Å². The number of carbonyl (C=O) groups excluding carboxylic acids is 2. The standard InChI is InChI=1S/C20H20ClNO3/c21-17-9-7-16(8-10-17)20(11-1-2-12-20)19(24)25-13-14-3-5-15(6-4-14)18(22)23/h3-10H,1-2,11-13H2,(H2,22,23). The van der Waals surface area contributed by atoms with E-state index in [2.05, 4.69) is 0 Å². The van der Waals surface area contributed by atoms with Crippen molar-refractivity contribution in [3.05, 3.63) is 70.2 Å². The monoisotopic (exact) mass is 357 g/mol. The molecule has 0 spiro atoms. The van der Waals surface area contributed by atoms with Crippen LogP contribution in [0.1, 0.15) is 47.2 Å². The van der Waals surface area contributed by atoms with Gasteiger partial charge in [0.15, 0.2) is 0 Å². The highest BCUT2D eigenvalue weighted by Gasteiger charge is 2.44. The largest absolute Gasteiger partial charge is 0.460 e. The molecular weight excluding hydrogens is 338 g/mol. The number of ether oxygens (including phenoxy) is 1. The molecule has 2 aromatic carbocycles. The fourth-order valence-electron chi connectivity index (χ4n) is 3.41. The molecule has 1 saturated carbocycles. The maximum atomic E-state index is 12.9. The fraction of sp³-hybridized carbons (Fsp3) is 0.300. The van der Waals surface area contributed by atoms with Crippen molar-refractivity contribution in [2.45, 2.75) is 37.7 Å². The van der Waals surface area contributed by atoms with Crippen LogP contribution in [0.2, 0.25) is 5.02 Å². The Morgan fingerprint density at radius 3 is 2.16 bits per heavy atom. The van der Waals surface area contributed by atoms with Crippen LogP contribution < -0.4 is 5.73 Å². The van der Waals surface area contributed by atoms with Crippen LogP contribution in [0.4, 0.5) is 0 Å². The number of amides is 1. The van der Waals surface area contributed by atoms with Gasteiger partial charge in [-0.2, -0.15) is 0 Å². The Morgan fingerprint density at radius 2 is 1.60 bits per heavy atom. The van der Waals surface area contributed by atoms with Gasteiger partial charge in [0, 0.05) is 10.6 Å². The molecule has 0 aliphatic heterocycles. The van der Waals surface area contributed by atoms with Gasteiger partial charge in [0.2, 0.25) is 5.91 Å². The predicted molar refractivity (Wildman–Crippen MR) is 96.4 cm³/mol. The number of hydrogen-bond donors (Lipinski definition) is 1. The van der Waals surface area contributed by atoms with Crippen LogP contribution in [0.5, 0.6) is 0 Å². The minimum atomic E-state index is -0.586. The maximum Gasteiger partial charge on any atom is 0.316 e. The third-order valence-corrected chi connectivity index (χ3v) is 5.11. The van der Waals surface area contributed by atoms with Crippen molar-refractivity contribution in [1.82, 2.24) is 0 Å². The van der Waals surface area contributed by atoms with E-state index in [1.807, 2.05) is 24.3 Å².